The quantitative estimate of drug-likeness (QED) is 0.776. The van der Waals surface area contributed by atoms with Gasteiger partial charge in [0.05, 0.1) is 0 Å². The van der Waals surface area contributed by atoms with E-state index in [0.29, 0.717) is 4.99 Å². The van der Waals surface area contributed by atoms with Gasteiger partial charge in [0.2, 0.25) is 0 Å². The van der Waals surface area contributed by atoms with Crippen molar-refractivity contribution in [2.45, 2.75) is 38.5 Å². The molecule has 4 heteroatoms. The number of rotatable bonds is 5. The maximum Gasteiger partial charge on any atom is 0.106 e. The van der Waals surface area contributed by atoms with Crippen LogP contribution in [0.3, 0.4) is 0 Å². The second-order valence-electron chi connectivity index (χ2n) is 5.27. The fourth-order valence-corrected chi connectivity index (χ4v) is 3.30. The molecule has 0 heterocycles. The molecule has 1 aromatic rings. The lowest BCUT2D eigenvalue weighted by atomic mass is 9.87. The maximum atomic E-state index is 5.76. The highest BCUT2D eigenvalue weighted by atomic mass is 79.9. The van der Waals surface area contributed by atoms with Crippen molar-refractivity contribution in [2.75, 3.05) is 11.9 Å². The molecule has 0 radical (unpaired) electrons. The molecule has 3 N–H and O–H groups in total. The minimum atomic E-state index is 0.452. The van der Waals surface area contributed by atoms with Crippen molar-refractivity contribution in [2.24, 2.45) is 11.7 Å². The molecular weight excluding hydrogens is 320 g/mol. The van der Waals surface area contributed by atoms with E-state index in [1.807, 2.05) is 12.1 Å². The van der Waals surface area contributed by atoms with Crippen LogP contribution in [0.5, 0.6) is 0 Å². The molecule has 1 aromatic carbocycles. The van der Waals surface area contributed by atoms with Crippen molar-refractivity contribution < 1.29 is 0 Å². The second kappa shape index (κ2) is 7.25. The van der Waals surface area contributed by atoms with Gasteiger partial charge in [0.15, 0.2) is 0 Å². The lowest BCUT2D eigenvalue weighted by Gasteiger charge is -2.22. The van der Waals surface area contributed by atoms with E-state index < -0.39 is 0 Å². The van der Waals surface area contributed by atoms with E-state index in [-0.39, 0.29) is 0 Å². The van der Waals surface area contributed by atoms with E-state index in [1.54, 1.807) is 0 Å². The van der Waals surface area contributed by atoms with Crippen molar-refractivity contribution in [1.29, 1.82) is 0 Å². The highest BCUT2D eigenvalue weighted by Gasteiger charge is 2.13. The van der Waals surface area contributed by atoms with Crippen LogP contribution in [0.15, 0.2) is 22.7 Å². The van der Waals surface area contributed by atoms with Crippen molar-refractivity contribution in [3.63, 3.8) is 0 Å². The molecule has 1 fully saturated rings. The summed E-state index contributed by atoms with van der Waals surface area (Å²) in [5, 5.41) is 3.49. The van der Waals surface area contributed by atoms with Crippen LogP contribution >= 0.6 is 28.1 Å². The van der Waals surface area contributed by atoms with Gasteiger partial charge in [-0.25, -0.2) is 0 Å². The molecule has 104 valence electrons. The Balaban J connectivity index is 1.91. The standard InChI is InChI=1S/C15H21BrN2S/c16-12-6-7-13(15(17)19)14(10-12)18-9-8-11-4-2-1-3-5-11/h6-7,10-11,18H,1-5,8-9H2,(H2,17,19). The SMILES string of the molecule is NC(=S)c1ccc(Br)cc1NCCC1CCCCC1. The van der Waals surface area contributed by atoms with Gasteiger partial charge in [0.1, 0.15) is 4.99 Å². The molecular formula is C15H21BrN2S. The number of thiocarbonyl (C=S) groups is 1. The van der Waals surface area contributed by atoms with Crippen LogP contribution in [0.4, 0.5) is 5.69 Å². The first kappa shape index (κ1) is 14.8. The Morgan fingerprint density at radius 3 is 2.74 bits per heavy atom. The zero-order valence-electron chi connectivity index (χ0n) is 11.1. The average molecular weight is 341 g/mol. The maximum absolute atomic E-state index is 5.76. The molecule has 0 unspecified atom stereocenters. The van der Waals surface area contributed by atoms with Gasteiger partial charge in [-0.2, -0.15) is 0 Å². The minimum Gasteiger partial charge on any atom is -0.389 e. The molecule has 0 atom stereocenters. The number of nitrogens with two attached hydrogens (primary N) is 1. The Hall–Kier alpha value is -0.610. The van der Waals surface area contributed by atoms with E-state index >= 15 is 0 Å². The van der Waals surface area contributed by atoms with Crippen LogP contribution in [-0.2, 0) is 0 Å². The number of halogens is 1. The summed E-state index contributed by atoms with van der Waals surface area (Å²) in [4.78, 5) is 0.452. The summed E-state index contributed by atoms with van der Waals surface area (Å²) in [5.41, 5.74) is 7.73. The van der Waals surface area contributed by atoms with Gasteiger partial charge in [-0.1, -0.05) is 60.3 Å². The summed E-state index contributed by atoms with van der Waals surface area (Å²) in [6, 6.07) is 5.99. The number of hydrogen-bond donors (Lipinski definition) is 2. The molecule has 1 aliphatic rings. The first-order valence-electron chi connectivity index (χ1n) is 7.00. The third-order valence-electron chi connectivity index (χ3n) is 3.84. The van der Waals surface area contributed by atoms with Crippen molar-refractivity contribution >= 4 is 38.8 Å². The monoisotopic (exact) mass is 340 g/mol. The van der Waals surface area contributed by atoms with Crippen LogP contribution in [0.2, 0.25) is 0 Å². The van der Waals surface area contributed by atoms with E-state index in [2.05, 4.69) is 27.3 Å². The fourth-order valence-electron chi connectivity index (χ4n) is 2.76. The molecule has 0 amide bonds. The molecule has 19 heavy (non-hydrogen) atoms. The van der Waals surface area contributed by atoms with Gasteiger partial charge in [0.25, 0.3) is 0 Å². The molecule has 1 aliphatic carbocycles. The van der Waals surface area contributed by atoms with E-state index in [4.69, 9.17) is 18.0 Å². The molecule has 0 saturated heterocycles. The van der Waals surface area contributed by atoms with Crippen molar-refractivity contribution in [1.82, 2.24) is 0 Å². The molecule has 1 saturated carbocycles. The van der Waals surface area contributed by atoms with E-state index in [1.165, 1.54) is 38.5 Å². The van der Waals surface area contributed by atoms with Gasteiger partial charge in [-0.05, 0) is 30.5 Å². The molecule has 0 spiro atoms. The summed E-state index contributed by atoms with van der Waals surface area (Å²) < 4.78 is 1.05. The van der Waals surface area contributed by atoms with E-state index in [0.717, 1.165) is 28.2 Å². The molecule has 2 nitrogen and oxygen atoms in total. The largest absolute Gasteiger partial charge is 0.389 e. The predicted octanol–water partition coefficient (Wildman–Crippen LogP) is 4.47. The van der Waals surface area contributed by atoms with Gasteiger partial charge in [-0.15, -0.1) is 0 Å². The molecule has 0 aliphatic heterocycles. The first-order chi connectivity index (χ1) is 9.16. The lowest BCUT2D eigenvalue weighted by Crippen LogP contribution is -2.16. The van der Waals surface area contributed by atoms with Crippen LogP contribution in [-0.4, -0.2) is 11.5 Å². The topological polar surface area (TPSA) is 38.0 Å². The third kappa shape index (κ3) is 4.46. The Bertz CT molecular complexity index is 442. The van der Waals surface area contributed by atoms with Crippen molar-refractivity contribution in [3.05, 3.63) is 28.2 Å². The number of nitrogens with one attached hydrogen (secondary N) is 1. The minimum absolute atomic E-state index is 0.452. The smallest absolute Gasteiger partial charge is 0.106 e. The highest BCUT2D eigenvalue weighted by Crippen LogP contribution is 2.27. The zero-order chi connectivity index (χ0) is 13.7. The van der Waals surface area contributed by atoms with Gasteiger partial charge < -0.3 is 11.1 Å². The van der Waals surface area contributed by atoms with Crippen LogP contribution < -0.4 is 11.1 Å². The van der Waals surface area contributed by atoms with E-state index in [9.17, 15) is 0 Å². The second-order valence-corrected chi connectivity index (χ2v) is 6.63. The predicted molar refractivity (Wildman–Crippen MR) is 89.7 cm³/mol. The van der Waals surface area contributed by atoms with Gasteiger partial charge in [-0.3, -0.25) is 0 Å². The zero-order valence-corrected chi connectivity index (χ0v) is 13.5. The Kier molecular flexibility index (Phi) is 5.64. The Morgan fingerprint density at radius 1 is 1.32 bits per heavy atom. The fraction of sp³-hybridized carbons (Fsp3) is 0.533. The number of benzene rings is 1. The highest BCUT2D eigenvalue weighted by molar-refractivity contribution is 9.10. The van der Waals surface area contributed by atoms with Crippen molar-refractivity contribution in [3.8, 4) is 0 Å². The van der Waals surface area contributed by atoms with Crippen LogP contribution in [0, 0.1) is 5.92 Å². The summed E-state index contributed by atoms with van der Waals surface area (Å²) in [6.07, 6.45) is 8.24. The molecule has 2 rings (SSSR count). The third-order valence-corrected chi connectivity index (χ3v) is 4.55. The van der Waals surface area contributed by atoms with Crippen LogP contribution in [0.25, 0.3) is 0 Å². The summed E-state index contributed by atoms with van der Waals surface area (Å²) in [7, 11) is 0. The summed E-state index contributed by atoms with van der Waals surface area (Å²) >= 11 is 8.58. The number of hydrogen-bond acceptors (Lipinski definition) is 2. The summed E-state index contributed by atoms with van der Waals surface area (Å²) in [5.74, 6) is 0.890. The van der Waals surface area contributed by atoms with Crippen LogP contribution in [0.1, 0.15) is 44.1 Å². The molecule has 0 bridgehead atoms. The molecule has 0 aromatic heterocycles. The normalized spacial score (nSPS) is 16.3. The Labute approximate surface area is 129 Å². The summed E-state index contributed by atoms with van der Waals surface area (Å²) in [6.45, 7) is 0.997. The average Bonchev–Trinajstić information content (AvgIpc) is 2.39. The Morgan fingerprint density at radius 2 is 2.05 bits per heavy atom. The number of anilines is 1. The first-order valence-corrected chi connectivity index (χ1v) is 8.20. The lowest BCUT2D eigenvalue weighted by molar-refractivity contribution is 0.345. The van der Waals surface area contributed by atoms with Gasteiger partial charge >= 0.3 is 0 Å². The van der Waals surface area contributed by atoms with Gasteiger partial charge in [0, 0.05) is 22.3 Å².